The van der Waals surface area contributed by atoms with E-state index in [0.29, 0.717) is 12.8 Å². The summed E-state index contributed by atoms with van der Waals surface area (Å²) in [5, 5.41) is 23.4. The number of likely N-dealkylation sites (tertiary alicyclic amines) is 2. The van der Waals surface area contributed by atoms with Crippen molar-refractivity contribution in [3.63, 3.8) is 0 Å². The van der Waals surface area contributed by atoms with Crippen LogP contribution in [0.25, 0.3) is 10.8 Å². The molecule has 7 rings (SSSR count). The summed E-state index contributed by atoms with van der Waals surface area (Å²) >= 11 is 0. The van der Waals surface area contributed by atoms with Crippen molar-refractivity contribution in [3.05, 3.63) is 113 Å². The average molecular weight is 795 g/mol. The van der Waals surface area contributed by atoms with E-state index in [9.17, 15) is 39.3 Å². The molecule has 4 aromatic rings. The monoisotopic (exact) mass is 794 g/mol. The summed E-state index contributed by atoms with van der Waals surface area (Å²) in [5.74, 6) is -5.19. The highest BCUT2D eigenvalue weighted by Crippen LogP contribution is 2.38. The fourth-order valence-corrected chi connectivity index (χ4v) is 8.21. The van der Waals surface area contributed by atoms with Crippen molar-refractivity contribution >= 4 is 46.3 Å². The second-order valence-electron chi connectivity index (χ2n) is 15.5. The summed E-state index contributed by atoms with van der Waals surface area (Å²) in [5.41, 5.74) is 1.16. The number of imide groups is 1. The molecule has 3 heterocycles. The van der Waals surface area contributed by atoms with E-state index in [1.165, 1.54) is 53.4 Å². The molecular formula is C45H42N6O8. The minimum atomic E-state index is -1.98. The van der Waals surface area contributed by atoms with Gasteiger partial charge in [-0.3, -0.25) is 29.1 Å². The third-order valence-electron chi connectivity index (χ3n) is 11.2. The molecule has 1 aromatic heterocycles. The first-order chi connectivity index (χ1) is 28.5. The van der Waals surface area contributed by atoms with Gasteiger partial charge in [-0.2, -0.15) is 10.5 Å². The highest BCUT2D eigenvalue weighted by atomic mass is 16.6. The molecule has 3 aromatic carbocycles. The average Bonchev–Trinajstić information content (AvgIpc) is 3.84. The lowest BCUT2D eigenvalue weighted by Crippen LogP contribution is -2.75. The van der Waals surface area contributed by atoms with Gasteiger partial charge in [0, 0.05) is 23.3 Å². The van der Waals surface area contributed by atoms with Crippen LogP contribution in [-0.4, -0.2) is 86.7 Å². The molecule has 14 nitrogen and oxygen atoms in total. The van der Waals surface area contributed by atoms with Crippen LogP contribution in [0.2, 0.25) is 0 Å². The standard InChI is InChI=1S/C45H42N6O8/c1-26(2)23-36(40(52)49-32-8-4-5-9-32)50-35(20-19-34-33-10-6-3-7-29(33)21-22-48-34)37(41(50)53)51-42(54)38(58-44(56)30-15-11-27(24-46)12-16-30)39(43(51)55)59-45(57)31-17-13-28(25-47)14-18-31/h3,6-7,10-18,21-22,26,32,35-39H,4-5,8-9,19-20,23H2,1-2H3,(H,49,52)/t35?,36?,37-,38?,39?/m0/s1. The van der Waals surface area contributed by atoms with Gasteiger partial charge in [-0.05, 0) is 98.0 Å². The van der Waals surface area contributed by atoms with Crippen molar-refractivity contribution in [1.82, 2.24) is 20.1 Å². The molecule has 0 spiro atoms. The van der Waals surface area contributed by atoms with Crippen LogP contribution in [0.4, 0.5) is 0 Å². The maximum Gasteiger partial charge on any atom is 0.339 e. The number of hydrogen-bond acceptors (Lipinski definition) is 11. The van der Waals surface area contributed by atoms with Crippen LogP contribution >= 0.6 is 0 Å². The van der Waals surface area contributed by atoms with Crippen LogP contribution in [0.1, 0.15) is 89.9 Å². The lowest BCUT2D eigenvalue weighted by Gasteiger charge is -2.53. The molecule has 0 bridgehead atoms. The van der Waals surface area contributed by atoms with Crippen LogP contribution in [0, 0.1) is 28.6 Å². The number of carbonyl (C=O) groups excluding carboxylic acids is 6. The number of nitrogens with zero attached hydrogens (tertiary/aromatic N) is 5. The zero-order chi connectivity index (χ0) is 41.8. The number of aromatic nitrogens is 1. The van der Waals surface area contributed by atoms with Crippen molar-refractivity contribution < 1.29 is 38.2 Å². The van der Waals surface area contributed by atoms with Gasteiger partial charge in [0.05, 0.1) is 40.4 Å². The van der Waals surface area contributed by atoms with E-state index >= 15 is 0 Å². The van der Waals surface area contributed by atoms with Crippen molar-refractivity contribution in [2.24, 2.45) is 5.92 Å². The van der Waals surface area contributed by atoms with Gasteiger partial charge in [0.2, 0.25) is 24.0 Å². The number of ether oxygens (including phenoxy) is 2. The number of nitrogens with one attached hydrogen (secondary N) is 1. The van der Waals surface area contributed by atoms with E-state index in [1.54, 1.807) is 6.20 Å². The van der Waals surface area contributed by atoms with E-state index in [1.807, 2.05) is 56.3 Å². The number of carbonyl (C=O) groups is 6. The number of pyridine rings is 1. The van der Waals surface area contributed by atoms with Gasteiger partial charge in [0.15, 0.2) is 0 Å². The normalized spacial score (nSPS) is 20.9. The van der Waals surface area contributed by atoms with Crippen LogP contribution in [-0.2, 0) is 35.1 Å². The molecule has 2 aliphatic heterocycles. The van der Waals surface area contributed by atoms with Gasteiger partial charge in [-0.15, -0.1) is 0 Å². The first-order valence-corrected chi connectivity index (χ1v) is 19.7. The Balaban J connectivity index is 1.23. The molecule has 1 saturated carbocycles. The number of fused-ring (bicyclic) bond motifs is 1. The summed E-state index contributed by atoms with van der Waals surface area (Å²) in [7, 11) is 0. The zero-order valence-electron chi connectivity index (χ0n) is 32.6. The Labute approximate surface area is 340 Å². The van der Waals surface area contributed by atoms with Crippen molar-refractivity contribution in [3.8, 4) is 12.1 Å². The third-order valence-corrected chi connectivity index (χ3v) is 11.2. The van der Waals surface area contributed by atoms with Crippen LogP contribution in [0.5, 0.6) is 0 Å². The first-order valence-electron chi connectivity index (χ1n) is 19.7. The molecule has 4 amide bonds. The summed E-state index contributed by atoms with van der Waals surface area (Å²) in [4.78, 5) is 91.3. The summed E-state index contributed by atoms with van der Waals surface area (Å²) in [6.07, 6.45) is 2.18. The number of benzene rings is 3. The maximum absolute atomic E-state index is 14.6. The predicted octanol–water partition coefficient (Wildman–Crippen LogP) is 4.78. The van der Waals surface area contributed by atoms with Gasteiger partial charge < -0.3 is 19.7 Å². The van der Waals surface area contributed by atoms with E-state index < -0.39 is 60.0 Å². The van der Waals surface area contributed by atoms with Crippen LogP contribution < -0.4 is 5.32 Å². The minimum absolute atomic E-state index is 0.00588. The second kappa shape index (κ2) is 17.3. The number of nitriles is 2. The molecule has 5 atom stereocenters. The maximum atomic E-state index is 14.6. The van der Waals surface area contributed by atoms with E-state index in [-0.39, 0.29) is 46.5 Å². The highest BCUT2D eigenvalue weighted by molar-refractivity contribution is 6.14. The Morgan fingerprint density at radius 3 is 1.90 bits per heavy atom. The number of β-lactam (4-membered cyclic amide) rings is 1. The van der Waals surface area contributed by atoms with Crippen molar-refractivity contribution in [2.75, 3.05) is 0 Å². The second-order valence-corrected chi connectivity index (χ2v) is 15.5. The smallest absolute Gasteiger partial charge is 0.339 e. The fraction of sp³-hybridized carbons (Fsp3) is 0.356. The Kier molecular flexibility index (Phi) is 11.8. The molecule has 300 valence electrons. The van der Waals surface area contributed by atoms with Gasteiger partial charge in [0.25, 0.3) is 11.8 Å². The summed E-state index contributed by atoms with van der Waals surface area (Å²) in [6.45, 7) is 3.89. The predicted molar refractivity (Wildman–Crippen MR) is 211 cm³/mol. The van der Waals surface area contributed by atoms with Crippen molar-refractivity contribution in [1.29, 1.82) is 10.5 Å². The Morgan fingerprint density at radius 2 is 1.36 bits per heavy atom. The summed E-state index contributed by atoms with van der Waals surface area (Å²) in [6, 6.07) is 21.0. The quantitative estimate of drug-likeness (QED) is 0.111. The number of hydrogen-bond donors (Lipinski definition) is 1. The molecule has 2 saturated heterocycles. The lowest BCUT2D eigenvalue weighted by molar-refractivity contribution is -0.175. The Morgan fingerprint density at radius 1 is 0.797 bits per heavy atom. The van der Waals surface area contributed by atoms with E-state index in [0.717, 1.165) is 47.0 Å². The zero-order valence-corrected chi connectivity index (χ0v) is 32.6. The largest absolute Gasteiger partial charge is 0.444 e. The molecule has 1 aliphatic carbocycles. The molecule has 14 heteroatoms. The van der Waals surface area contributed by atoms with Gasteiger partial charge in [-0.1, -0.05) is 51.0 Å². The number of rotatable bonds is 13. The van der Waals surface area contributed by atoms with Crippen LogP contribution in [0.3, 0.4) is 0 Å². The minimum Gasteiger partial charge on any atom is -0.444 e. The molecular weight excluding hydrogens is 753 g/mol. The number of esters is 2. The lowest BCUT2D eigenvalue weighted by atomic mass is 9.84. The third kappa shape index (κ3) is 8.25. The van der Waals surface area contributed by atoms with Gasteiger partial charge in [-0.25, -0.2) is 9.59 Å². The Hall–Kier alpha value is -6.93. The molecule has 3 fully saturated rings. The topological polar surface area (TPSA) is 200 Å². The van der Waals surface area contributed by atoms with E-state index in [2.05, 4.69) is 10.3 Å². The highest BCUT2D eigenvalue weighted by Gasteiger charge is 2.63. The molecule has 1 N–H and O–H groups in total. The first kappa shape index (κ1) is 40.3. The van der Waals surface area contributed by atoms with Gasteiger partial charge >= 0.3 is 11.9 Å². The molecule has 3 aliphatic rings. The van der Waals surface area contributed by atoms with Gasteiger partial charge in [0.1, 0.15) is 12.1 Å². The van der Waals surface area contributed by atoms with Crippen LogP contribution in [0.15, 0.2) is 85.1 Å². The molecule has 59 heavy (non-hydrogen) atoms. The Bertz CT molecular complexity index is 2280. The van der Waals surface area contributed by atoms with Crippen molar-refractivity contribution in [2.45, 2.75) is 95.2 Å². The molecule has 4 unspecified atom stereocenters. The SMILES string of the molecule is CC(C)CC(C(=O)NC1CCCC1)N1C(=O)[C@@H](N2C(=O)C(OC(=O)c3ccc(C#N)cc3)C(OC(=O)c3ccc(C#N)cc3)C2=O)C1CCc1nccc2ccccc12. The van der Waals surface area contributed by atoms with E-state index in [4.69, 9.17) is 9.47 Å². The summed E-state index contributed by atoms with van der Waals surface area (Å²) < 4.78 is 11.2. The fourth-order valence-electron chi connectivity index (χ4n) is 8.21. The number of amides is 4. The molecule has 0 radical (unpaired) electrons. The number of aryl methyl sites for hydroxylation is 1.